The third-order valence-electron chi connectivity index (χ3n) is 5.63. The molecule has 0 aliphatic carbocycles. The molecule has 2 saturated heterocycles. The van der Waals surface area contributed by atoms with Crippen LogP contribution in [0.15, 0.2) is 29.3 Å². The van der Waals surface area contributed by atoms with Gasteiger partial charge in [-0.3, -0.25) is 4.99 Å². The van der Waals surface area contributed by atoms with Crippen LogP contribution >= 0.6 is 24.0 Å². The predicted octanol–water partition coefficient (Wildman–Crippen LogP) is 4.11. The Bertz CT molecular complexity index is 631. The van der Waals surface area contributed by atoms with Gasteiger partial charge in [-0.15, -0.1) is 24.0 Å². The van der Waals surface area contributed by atoms with Gasteiger partial charge in [0.1, 0.15) is 0 Å². The first-order chi connectivity index (χ1) is 14.3. The summed E-state index contributed by atoms with van der Waals surface area (Å²) in [7, 11) is 0. The number of hydrogen-bond acceptors (Lipinski definition) is 4. The lowest BCUT2D eigenvalue weighted by Gasteiger charge is -2.22. The predicted molar refractivity (Wildman–Crippen MR) is 135 cm³/mol. The van der Waals surface area contributed by atoms with E-state index in [-0.39, 0.29) is 30.0 Å². The molecule has 0 saturated carbocycles. The van der Waals surface area contributed by atoms with Crippen molar-refractivity contribution < 1.29 is 9.47 Å². The van der Waals surface area contributed by atoms with E-state index in [2.05, 4.69) is 53.6 Å². The molecule has 0 amide bonds. The second-order valence-electron chi connectivity index (χ2n) is 7.95. The van der Waals surface area contributed by atoms with Gasteiger partial charge in [0.05, 0.1) is 12.1 Å². The van der Waals surface area contributed by atoms with Crippen LogP contribution in [0.25, 0.3) is 0 Å². The number of benzene rings is 1. The van der Waals surface area contributed by atoms with Crippen LogP contribution in [0.2, 0.25) is 0 Å². The third kappa shape index (κ3) is 8.23. The molecule has 3 rings (SSSR count). The molecule has 1 unspecified atom stereocenters. The quantitative estimate of drug-likeness (QED) is 0.218. The van der Waals surface area contributed by atoms with E-state index in [0.717, 1.165) is 58.1 Å². The number of nitrogens with zero attached hydrogens (tertiary/aromatic N) is 2. The Morgan fingerprint density at radius 1 is 1.27 bits per heavy atom. The lowest BCUT2D eigenvalue weighted by atomic mass is 10.1. The van der Waals surface area contributed by atoms with E-state index < -0.39 is 0 Å². The fourth-order valence-electron chi connectivity index (χ4n) is 3.92. The zero-order valence-electron chi connectivity index (χ0n) is 18.6. The van der Waals surface area contributed by atoms with E-state index >= 15 is 0 Å². The SMILES string of the molecule is CCNC(=NCCCOC1CCOCC1)NC(C)c1cccc(N2CCCC2)c1.I. The van der Waals surface area contributed by atoms with Gasteiger partial charge in [0, 0.05) is 51.7 Å². The first-order valence-corrected chi connectivity index (χ1v) is 11.4. The van der Waals surface area contributed by atoms with Crippen molar-refractivity contribution >= 4 is 35.6 Å². The number of hydrogen-bond donors (Lipinski definition) is 2. The van der Waals surface area contributed by atoms with Crippen molar-refractivity contribution in [1.29, 1.82) is 0 Å². The van der Waals surface area contributed by atoms with Crippen molar-refractivity contribution in [2.24, 2.45) is 4.99 Å². The summed E-state index contributed by atoms with van der Waals surface area (Å²) in [5, 5.41) is 6.92. The molecule has 1 atom stereocenters. The second-order valence-corrected chi connectivity index (χ2v) is 7.95. The van der Waals surface area contributed by atoms with Crippen molar-refractivity contribution in [2.45, 2.75) is 58.1 Å². The van der Waals surface area contributed by atoms with Crippen molar-refractivity contribution in [3.63, 3.8) is 0 Å². The molecule has 30 heavy (non-hydrogen) atoms. The van der Waals surface area contributed by atoms with E-state index in [1.807, 2.05) is 0 Å². The maximum atomic E-state index is 5.94. The van der Waals surface area contributed by atoms with Crippen LogP contribution in [-0.2, 0) is 9.47 Å². The molecule has 2 aliphatic heterocycles. The first-order valence-electron chi connectivity index (χ1n) is 11.4. The third-order valence-corrected chi connectivity index (χ3v) is 5.63. The Balaban J connectivity index is 0.00000320. The van der Waals surface area contributed by atoms with Crippen LogP contribution in [0.5, 0.6) is 0 Å². The molecule has 2 N–H and O–H groups in total. The topological polar surface area (TPSA) is 58.1 Å². The lowest BCUT2D eigenvalue weighted by molar-refractivity contribution is -0.0318. The molecule has 2 fully saturated rings. The lowest BCUT2D eigenvalue weighted by Crippen LogP contribution is -2.39. The van der Waals surface area contributed by atoms with Gasteiger partial charge < -0.3 is 25.0 Å². The Kier molecular flexibility index (Phi) is 11.8. The normalized spacial score (nSPS) is 18.7. The molecule has 0 radical (unpaired) electrons. The minimum Gasteiger partial charge on any atom is -0.381 e. The molecule has 1 aromatic rings. The van der Waals surface area contributed by atoms with Crippen LogP contribution in [0.3, 0.4) is 0 Å². The fraction of sp³-hybridized carbons (Fsp3) is 0.696. The fourth-order valence-corrected chi connectivity index (χ4v) is 3.92. The van der Waals surface area contributed by atoms with Crippen molar-refractivity contribution in [3.8, 4) is 0 Å². The number of anilines is 1. The summed E-state index contributed by atoms with van der Waals surface area (Å²) in [5.41, 5.74) is 2.63. The number of rotatable bonds is 9. The number of aliphatic imine (C=N–C) groups is 1. The number of guanidine groups is 1. The van der Waals surface area contributed by atoms with Crippen molar-refractivity contribution in [1.82, 2.24) is 10.6 Å². The van der Waals surface area contributed by atoms with Crippen LogP contribution in [0.4, 0.5) is 5.69 Å². The van der Waals surface area contributed by atoms with Gasteiger partial charge in [-0.25, -0.2) is 0 Å². The molecule has 170 valence electrons. The minimum atomic E-state index is 0. The Morgan fingerprint density at radius 3 is 2.77 bits per heavy atom. The summed E-state index contributed by atoms with van der Waals surface area (Å²) < 4.78 is 11.3. The van der Waals surface area contributed by atoms with Gasteiger partial charge in [0.2, 0.25) is 0 Å². The summed E-state index contributed by atoms with van der Waals surface area (Å²) >= 11 is 0. The van der Waals surface area contributed by atoms with Crippen molar-refractivity contribution in [2.75, 3.05) is 50.9 Å². The molecular weight excluding hydrogens is 491 g/mol. The van der Waals surface area contributed by atoms with Crippen LogP contribution < -0.4 is 15.5 Å². The Hall–Kier alpha value is -1.06. The van der Waals surface area contributed by atoms with Crippen LogP contribution in [-0.4, -0.2) is 58.1 Å². The minimum absolute atomic E-state index is 0. The Morgan fingerprint density at radius 2 is 2.03 bits per heavy atom. The first kappa shape index (κ1) is 25.2. The number of nitrogens with one attached hydrogen (secondary N) is 2. The van der Waals surface area contributed by atoms with Gasteiger partial charge in [-0.1, -0.05) is 12.1 Å². The molecule has 1 aromatic carbocycles. The summed E-state index contributed by atoms with van der Waals surface area (Å²) in [6, 6.07) is 9.10. The molecule has 2 aliphatic rings. The summed E-state index contributed by atoms with van der Waals surface area (Å²) in [6.07, 6.45) is 5.93. The molecular formula is C23H39IN4O2. The van der Waals surface area contributed by atoms with Gasteiger partial charge in [0.25, 0.3) is 0 Å². The highest BCUT2D eigenvalue weighted by molar-refractivity contribution is 14.0. The highest BCUT2D eigenvalue weighted by atomic mass is 127. The van der Waals surface area contributed by atoms with Gasteiger partial charge in [-0.05, 0) is 63.6 Å². The standard InChI is InChI=1S/C23H38N4O2.HI/c1-3-24-23(25-12-7-15-29-22-10-16-28-17-11-22)26-19(2)20-8-6-9-21(18-20)27-13-4-5-14-27;/h6,8-9,18-19,22H,3-5,7,10-17H2,1-2H3,(H2,24,25,26);1H. The summed E-state index contributed by atoms with van der Waals surface area (Å²) in [5.74, 6) is 0.873. The molecule has 2 heterocycles. The Labute approximate surface area is 199 Å². The molecule has 7 heteroatoms. The maximum Gasteiger partial charge on any atom is 0.191 e. The maximum absolute atomic E-state index is 5.94. The molecule has 0 aromatic heterocycles. The average Bonchev–Trinajstić information content (AvgIpc) is 3.29. The molecule has 6 nitrogen and oxygen atoms in total. The zero-order valence-corrected chi connectivity index (χ0v) is 20.9. The van der Waals surface area contributed by atoms with Crippen LogP contribution in [0, 0.1) is 0 Å². The van der Waals surface area contributed by atoms with E-state index in [1.165, 1.54) is 37.2 Å². The van der Waals surface area contributed by atoms with Gasteiger partial charge >= 0.3 is 0 Å². The van der Waals surface area contributed by atoms with Gasteiger partial charge in [-0.2, -0.15) is 0 Å². The second kappa shape index (κ2) is 14.1. The highest BCUT2D eigenvalue weighted by Crippen LogP contribution is 2.24. The molecule has 0 spiro atoms. The summed E-state index contributed by atoms with van der Waals surface area (Å²) in [4.78, 5) is 7.22. The number of ether oxygens (including phenoxy) is 2. The van der Waals surface area contributed by atoms with Crippen LogP contribution in [0.1, 0.15) is 57.6 Å². The highest BCUT2D eigenvalue weighted by Gasteiger charge is 2.15. The average molecular weight is 530 g/mol. The smallest absolute Gasteiger partial charge is 0.191 e. The van der Waals surface area contributed by atoms with Gasteiger partial charge in [0.15, 0.2) is 5.96 Å². The number of halogens is 1. The van der Waals surface area contributed by atoms with Crippen molar-refractivity contribution in [3.05, 3.63) is 29.8 Å². The van der Waals surface area contributed by atoms with E-state index in [0.29, 0.717) is 6.10 Å². The van der Waals surface area contributed by atoms with E-state index in [9.17, 15) is 0 Å². The monoisotopic (exact) mass is 530 g/mol. The molecule has 0 bridgehead atoms. The van der Waals surface area contributed by atoms with E-state index in [1.54, 1.807) is 0 Å². The zero-order chi connectivity index (χ0) is 20.3. The summed E-state index contributed by atoms with van der Waals surface area (Å²) in [6.45, 7) is 10.7. The largest absolute Gasteiger partial charge is 0.381 e. The van der Waals surface area contributed by atoms with E-state index in [4.69, 9.17) is 14.5 Å².